The lowest BCUT2D eigenvalue weighted by molar-refractivity contribution is -0.702. The van der Waals surface area contributed by atoms with Crippen molar-refractivity contribution >= 4 is 11.9 Å². The summed E-state index contributed by atoms with van der Waals surface area (Å²) in [6, 6.07) is 0. The highest BCUT2D eigenvalue weighted by Gasteiger charge is 2.33. The summed E-state index contributed by atoms with van der Waals surface area (Å²) in [5, 5.41) is 20.2. The largest absolute Gasteiger partial charge is 0.541 e. The van der Waals surface area contributed by atoms with Crippen LogP contribution in [0.3, 0.4) is 0 Å². The van der Waals surface area contributed by atoms with Crippen LogP contribution in [0.25, 0.3) is 0 Å². The predicted molar refractivity (Wildman–Crippen MR) is 56.6 cm³/mol. The Bertz CT molecular complexity index is 423. The highest BCUT2D eigenvalue weighted by molar-refractivity contribution is 5.97. The fourth-order valence-corrected chi connectivity index (χ4v) is 2.15. The van der Waals surface area contributed by atoms with Gasteiger partial charge in [0.15, 0.2) is 0 Å². The SMILES string of the molecule is CCc1n(CC)c(C(=O)[O-])c(C(=O)O)[n+]1CC. The van der Waals surface area contributed by atoms with Gasteiger partial charge in [-0.3, -0.25) is 0 Å². The van der Waals surface area contributed by atoms with Gasteiger partial charge in [0.25, 0.3) is 11.5 Å². The first-order valence-corrected chi connectivity index (χ1v) is 5.59. The summed E-state index contributed by atoms with van der Waals surface area (Å²) < 4.78 is 3.00. The number of carboxylic acid groups (broad SMARTS) is 2. The summed E-state index contributed by atoms with van der Waals surface area (Å²) in [6.07, 6.45) is 0.565. The van der Waals surface area contributed by atoms with Crippen molar-refractivity contribution in [1.29, 1.82) is 0 Å². The molecule has 17 heavy (non-hydrogen) atoms. The zero-order chi connectivity index (χ0) is 13.2. The van der Waals surface area contributed by atoms with Crippen molar-refractivity contribution < 1.29 is 24.4 Å². The summed E-state index contributed by atoms with van der Waals surface area (Å²) in [7, 11) is 0. The summed E-state index contributed by atoms with van der Waals surface area (Å²) in [5.41, 5.74) is -0.454. The third-order valence-corrected chi connectivity index (χ3v) is 2.73. The van der Waals surface area contributed by atoms with Gasteiger partial charge in [-0.25, -0.2) is 13.9 Å². The van der Waals surface area contributed by atoms with Gasteiger partial charge in [0.05, 0.1) is 13.1 Å². The number of hydrogen-bond acceptors (Lipinski definition) is 3. The Morgan fingerprint density at radius 1 is 1.35 bits per heavy atom. The molecule has 0 radical (unpaired) electrons. The minimum Gasteiger partial charge on any atom is -0.541 e. The molecule has 0 fully saturated rings. The molecule has 1 aromatic rings. The third-order valence-electron chi connectivity index (χ3n) is 2.73. The van der Waals surface area contributed by atoms with E-state index in [1.807, 2.05) is 6.92 Å². The fraction of sp³-hybridized carbons (Fsp3) is 0.545. The van der Waals surface area contributed by atoms with E-state index in [9.17, 15) is 14.7 Å². The van der Waals surface area contributed by atoms with E-state index in [4.69, 9.17) is 5.11 Å². The number of imidazole rings is 1. The van der Waals surface area contributed by atoms with Crippen molar-refractivity contribution in [1.82, 2.24) is 4.57 Å². The van der Waals surface area contributed by atoms with E-state index in [1.165, 1.54) is 9.13 Å². The first-order valence-electron chi connectivity index (χ1n) is 5.59. The number of carboxylic acids is 2. The average molecular weight is 240 g/mol. The molecular weight excluding hydrogens is 224 g/mol. The Hall–Kier alpha value is -1.85. The summed E-state index contributed by atoms with van der Waals surface area (Å²) >= 11 is 0. The molecule has 0 aliphatic heterocycles. The molecule has 0 bridgehead atoms. The summed E-state index contributed by atoms with van der Waals surface area (Å²) in [6.45, 7) is 6.23. The van der Waals surface area contributed by atoms with E-state index in [0.717, 1.165) is 0 Å². The molecular formula is C11H16N2O4. The molecule has 94 valence electrons. The lowest BCUT2D eigenvalue weighted by Crippen LogP contribution is -2.42. The van der Waals surface area contributed by atoms with Crippen molar-refractivity contribution in [2.75, 3.05) is 0 Å². The van der Waals surface area contributed by atoms with E-state index < -0.39 is 11.9 Å². The molecule has 0 aliphatic carbocycles. The zero-order valence-corrected chi connectivity index (χ0v) is 10.2. The van der Waals surface area contributed by atoms with E-state index in [0.29, 0.717) is 25.3 Å². The number of carbonyl (C=O) groups excluding carboxylic acids is 1. The van der Waals surface area contributed by atoms with E-state index in [1.54, 1.807) is 13.8 Å². The predicted octanol–water partition coefficient (Wildman–Crippen LogP) is -0.560. The molecule has 0 atom stereocenters. The van der Waals surface area contributed by atoms with Crippen molar-refractivity contribution in [3.63, 3.8) is 0 Å². The highest BCUT2D eigenvalue weighted by Crippen LogP contribution is 2.11. The van der Waals surface area contributed by atoms with Gasteiger partial charge in [0.2, 0.25) is 5.69 Å². The zero-order valence-electron chi connectivity index (χ0n) is 10.2. The first-order chi connectivity index (χ1) is 7.99. The van der Waals surface area contributed by atoms with Crippen LogP contribution in [-0.2, 0) is 19.5 Å². The van der Waals surface area contributed by atoms with Gasteiger partial charge < -0.3 is 15.0 Å². The standard InChI is InChI=1S/C11H16N2O4/c1-4-7-12(5-2)8(10(14)15)9(11(16)17)13(7)6-3/h4-6H2,1-3H3,(H-,14,15,16,17). The quantitative estimate of drug-likeness (QED) is 0.699. The summed E-state index contributed by atoms with van der Waals surface area (Å²) in [5.74, 6) is -2.01. The number of nitrogens with zero attached hydrogens (tertiary/aromatic N) is 2. The number of hydrogen-bond donors (Lipinski definition) is 1. The molecule has 6 heteroatoms. The van der Waals surface area contributed by atoms with Crippen molar-refractivity contribution in [3.8, 4) is 0 Å². The van der Waals surface area contributed by atoms with Crippen LogP contribution in [0.1, 0.15) is 47.6 Å². The van der Waals surface area contributed by atoms with Gasteiger partial charge in [-0.15, -0.1) is 0 Å². The molecule has 0 saturated heterocycles. The number of aromatic carboxylic acids is 2. The smallest absolute Gasteiger partial charge is 0.380 e. The van der Waals surface area contributed by atoms with Crippen LogP contribution >= 0.6 is 0 Å². The topological polar surface area (TPSA) is 86.2 Å². The van der Waals surface area contributed by atoms with Crippen LogP contribution in [0.4, 0.5) is 0 Å². The fourth-order valence-electron chi connectivity index (χ4n) is 2.15. The molecule has 0 amide bonds. The Morgan fingerprint density at radius 3 is 2.24 bits per heavy atom. The maximum absolute atomic E-state index is 11.2. The molecule has 0 aromatic carbocycles. The number of rotatable bonds is 5. The molecule has 1 N–H and O–H groups in total. The van der Waals surface area contributed by atoms with Crippen LogP contribution in [0.2, 0.25) is 0 Å². The molecule has 0 unspecified atom stereocenters. The third kappa shape index (κ3) is 2.02. The number of aromatic nitrogens is 2. The maximum atomic E-state index is 11.2. The van der Waals surface area contributed by atoms with Crippen LogP contribution in [0.15, 0.2) is 0 Å². The van der Waals surface area contributed by atoms with Gasteiger partial charge in [-0.05, 0) is 13.8 Å². The second-order valence-electron chi connectivity index (χ2n) is 3.55. The van der Waals surface area contributed by atoms with Gasteiger partial charge >= 0.3 is 5.97 Å². The lowest BCUT2D eigenvalue weighted by Gasteiger charge is -2.01. The normalized spacial score (nSPS) is 10.5. The van der Waals surface area contributed by atoms with E-state index in [2.05, 4.69) is 0 Å². The molecule has 0 spiro atoms. The molecule has 1 aromatic heterocycles. The Balaban J connectivity index is 3.70. The minimum atomic E-state index is -1.45. The molecule has 6 nitrogen and oxygen atoms in total. The van der Waals surface area contributed by atoms with Gasteiger partial charge in [-0.2, -0.15) is 0 Å². The Kier molecular flexibility index (Phi) is 3.88. The summed E-state index contributed by atoms with van der Waals surface area (Å²) in [4.78, 5) is 22.3. The monoisotopic (exact) mass is 240 g/mol. The van der Waals surface area contributed by atoms with Crippen molar-refractivity contribution in [3.05, 3.63) is 17.2 Å². The van der Waals surface area contributed by atoms with Crippen molar-refractivity contribution in [2.45, 2.75) is 40.3 Å². The maximum Gasteiger partial charge on any atom is 0.380 e. The van der Waals surface area contributed by atoms with Gasteiger partial charge in [0, 0.05) is 6.42 Å². The molecule has 1 rings (SSSR count). The van der Waals surface area contributed by atoms with Crippen LogP contribution in [0, 0.1) is 0 Å². The Labute approximate surface area is 99.1 Å². The van der Waals surface area contributed by atoms with E-state index >= 15 is 0 Å². The van der Waals surface area contributed by atoms with Gasteiger partial charge in [0.1, 0.15) is 5.97 Å². The minimum absolute atomic E-state index is 0.203. The molecule has 1 heterocycles. The molecule has 0 saturated carbocycles. The highest BCUT2D eigenvalue weighted by atomic mass is 16.4. The second-order valence-corrected chi connectivity index (χ2v) is 3.55. The Morgan fingerprint density at radius 2 is 1.94 bits per heavy atom. The van der Waals surface area contributed by atoms with Crippen LogP contribution in [0.5, 0.6) is 0 Å². The van der Waals surface area contributed by atoms with Gasteiger partial charge in [-0.1, -0.05) is 6.92 Å². The molecule has 0 aliphatic rings. The number of carbonyl (C=O) groups is 2. The second kappa shape index (κ2) is 4.99. The van der Waals surface area contributed by atoms with Crippen molar-refractivity contribution in [2.24, 2.45) is 0 Å². The van der Waals surface area contributed by atoms with Crippen LogP contribution < -0.4 is 9.67 Å². The average Bonchev–Trinajstić information content (AvgIpc) is 2.61. The van der Waals surface area contributed by atoms with Crippen LogP contribution in [-0.4, -0.2) is 21.6 Å². The lowest BCUT2D eigenvalue weighted by atomic mass is 10.3. The van der Waals surface area contributed by atoms with E-state index in [-0.39, 0.29) is 11.4 Å². The first kappa shape index (κ1) is 13.2.